The average Bonchev–Trinajstić information content (AvgIpc) is 2.19. The molecule has 0 bridgehead atoms. The zero-order valence-electron chi connectivity index (χ0n) is 9.82. The molecule has 0 fully saturated rings. The van der Waals surface area contributed by atoms with E-state index in [1.54, 1.807) is 0 Å². The molecule has 7 heteroatoms. The first-order chi connectivity index (χ1) is 7.37. The summed E-state index contributed by atoms with van der Waals surface area (Å²) >= 11 is 0. The molecule has 0 spiro atoms. The highest BCUT2D eigenvalue weighted by atomic mass is 32.2. The second-order valence-electron chi connectivity index (χ2n) is 3.72. The van der Waals surface area contributed by atoms with Crippen molar-refractivity contribution in [3.8, 4) is 0 Å². The molecule has 1 unspecified atom stereocenters. The van der Waals surface area contributed by atoms with Gasteiger partial charge in [-0.3, -0.25) is 4.79 Å². The van der Waals surface area contributed by atoms with Crippen LogP contribution >= 0.6 is 0 Å². The van der Waals surface area contributed by atoms with Crippen LogP contribution in [-0.4, -0.2) is 39.7 Å². The molecule has 0 aliphatic heterocycles. The third kappa shape index (κ3) is 8.63. The fourth-order valence-corrected chi connectivity index (χ4v) is 1.66. The molecule has 0 radical (unpaired) electrons. The molecule has 0 saturated carbocycles. The highest BCUT2D eigenvalue weighted by Gasteiger charge is 2.11. The molecule has 0 aromatic carbocycles. The minimum Gasteiger partial charge on any atom is -0.356 e. The van der Waals surface area contributed by atoms with Gasteiger partial charge in [0.15, 0.2) is 0 Å². The Morgan fingerprint density at radius 2 is 2.06 bits per heavy atom. The zero-order chi connectivity index (χ0) is 12.6. The molecular formula is C9H21N3O3S. The van der Waals surface area contributed by atoms with Crippen LogP contribution in [0, 0.1) is 5.92 Å². The lowest BCUT2D eigenvalue weighted by Gasteiger charge is -2.11. The van der Waals surface area contributed by atoms with Crippen molar-refractivity contribution in [2.75, 3.05) is 25.4 Å². The van der Waals surface area contributed by atoms with E-state index in [1.165, 1.54) is 0 Å². The van der Waals surface area contributed by atoms with Gasteiger partial charge >= 0.3 is 0 Å². The van der Waals surface area contributed by atoms with Crippen molar-refractivity contribution in [1.29, 1.82) is 0 Å². The lowest BCUT2D eigenvalue weighted by molar-refractivity contribution is -0.124. The van der Waals surface area contributed by atoms with Crippen LogP contribution in [0.2, 0.25) is 0 Å². The molecule has 0 aromatic rings. The number of sulfonamides is 1. The molecule has 0 aromatic heterocycles. The number of rotatable bonds is 8. The van der Waals surface area contributed by atoms with Crippen LogP contribution in [0.25, 0.3) is 0 Å². The second kappa shape index (κ2) is 7.59. The van der Waals surface area contributed by atoms with Crippen LogP contribution in [0.15, 0.2) is 0 Å². The Kier molecular flexibility index (Phi) is 7.27. The molecule has 0 saturated heterocycles. The summed E-state index contributed by atoms with van der Waals surface area (Å²) in [7, 11) is -3.42. The number of nitrogens with two attached hydrogens (primary N) is 1. The Morgan fingerprint density at radius 1 is 1.44 bits per heavy atom. The maximum Gasteiger partial charge on any atom is 0.224 e. The Balaban J connectivity index is 3.65. The van der Waals surface area contributed by atoms with Crippen molar-refractivity contribution < 1.29 is 13.2 Å². The molecule has 0 aliphatic rings. The van der Waals surface area contributed by atoms with E-state index in [2.05, 4.69) is 10.6 Å². The second-order valence-corrected chi connectivity index (χ2v) is 5.45. The van der Waals surface area contributed by atoms with Crippen molar-refractivity contribution in [3.63, 3.8) is 0 Å². The Labute approximate surface area is 97.0 Å². The summed E-state index contributed by atoms with van der Waals surface area (Å²) in [6.45, 7) is 5.57. The lowest BCUT2D eigenvalue weighted by Crippen LogP contribution is -2.36. The van der Waals surface area contributed by atoms with E-state index in [9.17, 15) is 13.2 Å². The van der Waals surface area contributed by atoms with Gasteiger partial charge in [-0.1, -0.05) is 13.8 Å². The predicted octanol–water partition coefficient (Wildman–Crippen LogP) is -0.973. The first kappa shape index (κ1) is 15.3. The van der Waals surface area contributed by atoms with Gasteiger partial charge in [0.05, 0.1) is 5.75 Å². The number of nitrogens with one attached hydrogen (secondary N) is 2. The number of hydrogen-bond acceptors (Lipinski definition) is 4. The Bertz CT molecular complexity index is 303. The summed E-state index contributed by atoms with van der Waals surface area (Å²) in [5, 5.41) is 10.6. The molecule has 16 heavy (non-hydrogen) atoms. The van der Waals surface area contributed by atoms with Gasteiger partial charge in [-0.05, 0) is 13.0 Å². The number of carbonyl (C=O) groups is 1. The molecule has 0 rings (SSSR count). The summed E-state index contributed by atoms with van der Waals surface area (Å²) in [4.78, 5) is 11.4. The fraction of sp³-hybridized carbons (Fsp3) is 0.889. The van der Waals surface area contributed by atoms with Crippen LogP contribution < -0.4 is 15.8 Å². The van der Waals surface area contributed by atoms with Crippen LogP contribution in [0.3, 0.4) is 0 Å². The minimum absolute atomic E-state index is 0.0737. The van der Waals surface area contributed by atoms with Gasteiger partial charge < -0.3 is 10.6 Å². The van der Waals surface area contributed by atoms with E-state index >= 15 is 0 Å². The molecule has 96 valence electrons. The maximum atomic E-state index is 11.4. The Morgan fingerprint density at radius 3 is 2.56 bits per heavy atom. The van der Waals surface area contributed by atoms with Crippen molar-refractivity contribution >= 4 is 15.9 Å². The highest BCUT2D eigenvalue weighted by molar-refractivity contribution is 7.89. The van der Waals surface area contributed by atoms with Gasteiger partial charge in [0.1, 0.15) is 0 Å². The van der Waals surface area contributed by atoms with Gasteiger partial charge in [-0.2, -0.15) is 0 Å². The number of hydrogen-bond donors (Lipinski definition) is 3. The first-order valence-electron chi connectivity index (χ1n) is 5.35. The number of amides is 1. The fourth-order valence-electron chi connectivity index (χ4n) is 1.11. The quantitative estimate of drug-likeness (QED) is 0.483. The molecule has 0 heterocycles. The monoisotopic (exact) mass is 251 g/mol. The summed E-state index contributed by atoms with van der Waals surface area (Å²) in [6.07, 6.45) is 0.346. The SMILES string of the molecule is CCNCC(C)C(=O)NCCCS(N)(=O)=O. The zero-order valence-corrected chi connectivity index (χ0v) is 10.6. The standard InChI is InChI=1S/C9H21N3O3S/c1-3-11-7-8(2)9(13)12-5-4-6-16(10,14)15/h8,11H,3-7H2,1-2H3,(H,12,13)(H2,10,14,15). The van der Waals surface area contributed by atoms with Crippen molar-refractivity contribution in [2.24, 2.45) is 11.1 Å². The van der Waals surface area contributed by atoms with E-state index in [0.717, 1.165) is 6.54 Å². The molecule has 0 aliphatic carbocycles. The molecular weight excluding hydrogens is 230 g/mol. The van der Waals surface area contributed by atoms with Gasteiger partial charge in [0.2, 0.25) is 15.9 Å². The van der Waals surface area contributed by atoms with E-state index in [1.807, 2.05) is 13.8 Å². The van der Waals surface area contributed by atoms with E-state index in [-0.39, 0.29) is 17.6 Å². The average molecular weight is 251 g/mol. The third-order valence-electron chi connectivity index (χ3n) is 2.05. The maximum absolute atomic E-state index is 11.4. The third-order valence-corrected chi connectivity index (χ3v) is 2.91. The van der Waals surface area contributed by atoms with Crippen molar-refractivity contribution in [1.82, 2.24) is 10.6 Å². The summed E-state index contributed by atoms with van der Waals surface area (Å²) in [5.74, 6) is -0.292. The molecule has 6 nitrogen and oxygen atoms in total. The minimum atomic E-state index is -3.42. The molecule has 1 amide bonds. The van der Waals surface area contributed by atoms with Crippen LogP contribution in [0.1, 0.15) is 20.3 Å². The molecule has 4 N–H and O–H groups in total. The highest BCUT2D eigenvalue weighted by Crippen LogP contribution is 1.92. The topological polar surface area (TPSA) is 101 Å². The van der Waals surface area contributed by atoms with Crippen LogP contribution in [-0.2, 0) is 14.8 Å². The van der Waals surface area contributed by atoms with Crippen LogP contribution in [0.5, 0.6) is 0 Å². The van der Waals surface area contributed by atoms with Gasteiger partial charge in [-0.25, -0.2) is 13.6 Å². The molecule has 1 atom stereocenters. The van der Waals surface area contributed by atoms with E-state index in [0.29, 0.717) is 19.5 Å². The summed E-state index contributed by atoms with van der Waals surface area (Å²) in [5.41, 5.74) is 0. The number of carbonyl (C=O) groups excluding carboxylic acids is 1. The van der Waals surface area contributed by atoms with Crippen molar-refractivity contribution in [2.45, 2.75) is 20.3 Å². The summed E-state index contributed by atoms with van der Waals surface area (Å²) in [6, 6.07) is 0. The normalized spacial score (nSPS) is 13.4. The van der Waals surface area contributed by atoms with Gasteiger partial charge in [-0.15, -0.1) is 0 Å². The predicted molar refractivity (Wildman–Crippen MR) is 63.3 cm³/mol. The van der Waals surface area contributed by atoms with Crippen molar-refractivity contribution in [3.05, 3.63) is 0 Å². The lowest BCUT2D eigenvalue weighted by atomic mass is 10.1. The summed E-state index contributed by atoms with van der Waals surface area (Å²) < 4.78 is 21.2. The van der Waals surface area contributed by atoms with E-state index < -0.39 is 10.0 Å². The van der Waals surface area contributed by atoms with Crippen LogP contribution in [0.4, 0.5) is 0 Å². The Hall–Kier alpha value is -0.660. The van der Waals surface area contributed by atoms with E-state index in [4.69, 9.17) is 5.14 Å². The smallest absolute Gasteiger partial charge is 0.224 e. The van der Waals surface area contributed by atoms with Gasteiger partial charge in [0, 0.05) is 19.0 Å². The first-order valence-corrected chi connectivity index (χ1v) is 7.07. The van der Waals surface area contributed by atoms with Gasteiger partial charge in [0.25, 0.3) is 0 Å². The number of primary sulfonamides is 1. The largest absolute Gasteiger partial charge is 0.356 e.